The SMILES string of the molecule is N#C/C(=C(/N)c1cc(F)cc(F)c1)c1cccnc1. The van der Waals surface area contributed by atoms with Gasteiger partial charge in [0.05, 0.1) is 11.3 Å². The molecule has 19 heavy (non-hydrogen) atoms. The van der Waals surface area contributed by atoms with Crippen molar-refractivity contribution in [3.63, 3.8) is 0 Å². The molecule has 2 aromatic rings. The second-order valence-electron chi connectivity index (χ2n) is 3.80. The maximum atomic E-state index is 13.1. The lowest BCUT2D eigenvalue weighted by molar-refractivity contribution is 0.582. The summed E-state index contributed by atoms with van der Waals surface area (Å²) in [5.41, 5.74) is 6.56. The predicted molar refractivity (Wildman–Crippen MR) is 67.2 cm³/mol. The highest BCUT2D eigenvalue weighted by Crippen LogP contribution is 2.22. The summed E-state index contributed by atoms with van der Waals surface area (Å²) in [6.07, 6.45) is 3.01. The third-order valence-corrected chi connectivity index (χ3v) is 2.50. The first-order valence-corrected chi connectivity index (χ1v) is 5.38. The molecule has 0 aliphatic heterocycles. The molecule has 0 saturated carbocycles. The summed E-state index contributed by atoms with van der Waals surface area (Å²) in [5, 5.41) is 9.15. The molecular formula is C14H9F2N3. The molecule has 0 atom stereocenters. The number of rotatable bonds is 2. The molecule has 5 heteroatoms. The number of hydrogen-bond acceptors (Lipinski definition) is 3. The van der Waals surface area contributed by atoms with Gasteiger partial charge in [-0.05, 0) is 18.2 Å². The van der Waals surface area contributed by atoms with E-state index in [1.165, 1.54) is 6.20 Å². The van der Waals surface area contributed by atoms with E-state index < -0.39 is 11.6 Å². The molecule has 0 aliphatic rings. The van der Waals surface area contributed by atoms with Gasteiger partial charge in [-0.2, -0.15) is 5.26 Å². The molecule has 2 rings (SSSR count). The zero-order chi connectivity index (χ0) is 13.8. The first-order valence-electron chi connectivity index (χ1n) is 5.38. The number of benzene rings is 1. The average Bonchev–Trinajstić information content (AvgIpc) is 2.39. The highest BCUT2D eigenvalue weighted by Gasteiger charge is 2.10. The van der Waals surface area contributed by atoms with Crippen LogP contribution in [0, 0.1) is 23.0 Å². The average molecular weight is 257 g/mol. The Hall–Kier alpha value is -2.74. The zero-order valence-electron chi connectivity index (χ0n) is 9.77. The molecule has 1 aromatic heterocycles. The summed E-state index contributed by atoms with van der Waals surface area (Å²) >= 11 is 0. The number of nitriles is 1. The van der Waals surface area contributed by atoms with Gasteiger partial charge >= 0.3 is 0 Å². The second kappa shape index (κ2) is 5.27. The number of pyridine rings is 1. The minimum Gasteiger partial charge on any atom is -0.397 e. The van der Waals surface area contributed by atoms with Crippen LogP contribution in [0.4, 0.5) is 8.78 Å². The minimum atomic E-state index is -0.749. The number of nitrogens with two attached hydrogens (primary N) is 1. The van der Waals surface area contributed by atoms with Gasteiger partial charge in [0.1, 0.15) is 17.7 Å². The minimum absolute atomic E-state index is 0.00824. The van der Waals surface area contributed by atoms with Gasteiger partial charge in [0, 0.05) is 29.6 Å². The number of hydrogen-bond donors (Lipinski definition) is 1. The van der Waals surface area contributed by atoms with Gasteiger partial charge in [-0.15, -0.1) is 0 Å². The molecule has 0 unspecified atom stereocenters. The largest absolute Gasteiger partial charge is 0.397 e. The van der Waals surface area contributed by atoms with E-state index in [9.17, 15) is 8.78 Å². The summed E-state index contributed by atoms with van der Waals surface area (Å²) in [6.45, 7) is 0. The summed E-state index contributed by atoms with van der Waals surface area (Å²) < 4.78 is 26.3. The van der Waals surface area contributed by atoms with Crippen LogP contribution in [0.3, 0.4) is 0 Å². The van der Waals surface area contributed by atoms with Gasteiger partial charge in [-0.25, -0.2) is 8.78 Å². The van der Waals surface area contributed by atoms with Crippen molar-refractivity contribution < 1.29 is 8.78 Å². The maximum Gasteiger partial charge on any atom is 0.126 e. The van der Waals surface area contributed by atoms with Crippen molar-refractivity contribution in [3.05, 3.63) is 65.5 Å². The third kappa shape index (κ3) is 2.75. The van der Waals surface area contributed by atoms with Gasteiger partial charge < -0.3 is 5.73 Å². The first kappa shape index (κ1) is 12.7. The van der Waals surface area contributed by atoms with Crippen LogP contribution < -0.4 is 5.73 Å². The standard InChI is InChI=1S/C14H9F2N3/c15-11-4-10(5-12(16)6-11)14(18)13(7-17)9-2-1-3-19-8-9/h1-6,8H,18H2/b14-13-. The summed E-state index contributed by atoms with van der Waals surface area (Å²) in [6, 6.07) is 8.11. The normalized spacial score (nSPS) is 11.6. The lowest BCUT2D eigenvalue weighted by Crippen LogP contribution is -2.02. The molecule has 2 N–H and O–H groups in total. The molecule has 0 radical (unpaired) electrons. The quantitative estimate of drug-likeness (QED) is 0.841. The molecule has 0 aliphatic carbocycles. The van der Waals surface area contributed by atoms with Crippen LogP contribution in [0.15, 0.2) is 42.7 Å². The lowest BCUT2D eigenvalue weighted by atomic mass is 10.0. The first-order chi connectivity index (χ1) is 9.11. The van der Waals surface area contributed by atoms with Crippen LogP contribution in [0.25, 0.3) is 11.3 Å². The number of halogens is 2. The Morgan fingerprint density at radius 1 is 1.16 bits per heavy atom. The highest BCUT2D eigenvalue weighted by atomic mass is 19.1. The molecule has 0 bridgehead atoms. The van der Waals surface area contributed by atoms with E-state index in [1.54, 1.807) is 18.3 Å². The lowest BCUT2D eigenvalue weighted by Gasteiger charge is -2.06. The van der Waals surface area contributed by atoms with E-state index in [1.807, 2.05) is 6.07 Å². The van der Waals surface area contributed by atoms with Crippen molar-refractivity contribution in [2.75, 3.05) is 0 Å². The van der Waals surface area contributed by atoms with Crippen LogP contribution in [0.2, 0.25) is 0 Å². The number of allylic oxidation sites excluding steroid dienone is 1. The van der Waals surface area contributed by atoms with Gasteiger partial charge in [0.2, 0.25) is 0 Å². The van der Waals surface area contributed by atoms with Gasteiger partial charge in [0.15, 0.2) is 0 Å². The Kier molecular flexibility index (Phi) is 3.53. The molecule has 0 amide bonds. The van der Waals surface area contributed by atoms with E-state index in [0.717, 1.165) is 18.2 Å². The smallest absolute Gasteiger partial charge is 0.126 e. The van der Waals surface area contributed by atoms with Gasteiger partial charge in [-0.1, -0.05) is 6.07 Å². The highest BCUT2D eigenvalue weighted by molar-refractivity contribution is 5.95. The predicted octanol–water partition coefficient (Wildman–Crippen LogP) is 2.71. The topological polar surface area (TPSA) is 62.7 Å². The molecule has 0 spiro atoms. The number of nitrogens with zero attached hydrogens (tertiary/aromatic N) is 2. The molecule has 0 fully saturated rings. The monoisotopic (exact) mass is 257 g/mol. The molecule has 0 saturated heterocycles. The van der Waals surface area contributed by atoms with Crippen LogP contribution in [-0.4, -0.2) is 4.98 Å². The fourth-order valence-corrected chi connectivity index (χ4v) is 1.64. The van der Waals surface area contributed by atoms with E-state index in [-0.39, 0.29) is 16.8 Å². The summed E-state index contributed by atoms with van der Waals surface area (Å²) in [7, 11) is 0. The van der Waals surface area contributed by atoms with Crippen molar-refractivity contribution in [1.29, 1.82) is 5.26 Å². The van der Waals surface area contributed by atoms with Crippen molar-refractivity contribution >= 4 is 11.3 Å². The molecule has 1 aromatic carbocycles. The Morgan fingerprint density at radius 2 is 1.84 bits per heavy atom. The van der Waals surface area contributed by atoms with Crippen molar-refractivity contribution in [2.45, 2.75) is 0 Å². The van der Waals surface area contributed by atoms with Crippen LogP contribution in [0.1, 0.15) is 11.1 Å². The van der Waals surface area contributed by atoms with Gasteiger partial charge in [-0.3, -0.25) is 4.98 Å². The Labute approximate surface area is 108 Å². The van der Waals surface area contributed by atoms with Crippen molar-refractivity contribution in [3.8, 4) is 6.07 Å². The molecule has 94 valence electrons. The van der Waals surface area contributed by atoms with Crippen LogP contribution in [-0.2, 0) is 0 Å². The number of aromatic nitrogens is 1. The summed E-state index contributed by atoms with van der Waals surface area (Å²) in [5.74, 6) is -1.50. The fraction of sp³-hybridized carbons (Fsp3) is 0. The fourth-order valence-electron chi connectivity index (χ4n) is 1.64. The Morgan fingerprint density at radius 3 is 2.37 bits per heavy atom. The van der Waals surface area contributed by atoms with E-state index in [2.05, 4.69) is 4.98 Å². The van der Waals surface area contributed by atoms with E-state index in [0.29, 0.717) is 5.56 Å². The van der Waals surface area contributed by atoms with Crippen LogP contribution >= 0.6 is 0 Å². The van der Waals surface area contributed by atoms with Crippen molar-refractivity contribution in [2.24, 2.45) is 5.73 Å². The maximum absolute atomic E-state index is 13.1. The van der Waals surface area contributed by atoms with E-state index >= 15 is 0 Å². The second-order valence-corrected chi connectivity index (χ2v) is 3.80. The molecule has 1 heterocycles. The Balaban J connectivity index is 2.59. The summed E-state index contributed by atoms with van der Waals surface area (Å²) in [4.78, 5) is 3.88. The van der Waals surface area contributed by atoms with Gasteiger partial charge in [0.25, 0.3) is 0 Å². The zero-order valence-corrected chi connectivity index (χ0v) is 9.77. The molecule has 3 nitrogen and oxygen atoms in total. The van der Waals surface area contributed by atoms with E-state index in [4.69, 9.17) is 11.0 Å². The molecular weight excluding hydrogens is 248 g/mol. The van der Waals surface area contributed by atoms with Crippen molar-refractivity contribution in [1.82, 2.24) is 4.98 Å². The Bertz CT molecular complexity index is 653. The third-order valence-electron chi connectivity index (χ3n) is 2.50. The van der Waals surface area contributed by atoms with Crippen LogP contribution in [0.5, 0.6) is 0 Å².